The second-order valence-electron chi connectivity index (χ2n) is 4.09. The van der Waals surface area contributed by atoms with E-state index in [-0.39, 0.29) is 0 Å². The van der Waals surface area contributed by atoms with Gasteiger partial charge in [0.1, 0.15) is 0 Å². The third-order valence-corrected chi connectivity index (χ3v) is 3.13. The zero-order chi connectivity index (χ0) is 11.3. The van der Waals surface area contributed by atoms with Gasteiger partial charge in [-0.15, -0.1) is 0 Å². The van der Waals surface area contributed by atoms with Crippen LogP contribution in [-0.2, 0) is 0 Å². The summed E-state index contributed by atoms with van der Waals surface area (Å²) in [5, 5.41) is 4.15. The van der Waals surface area contributed by atoms with Gasteiger partial charge in [-0.2, -0.15) is 0 Å². The minimum Gasteiger partial charge on any atom is -0.384 e. The highest BCUT2D eigenvalue weighted by Crippen LogP contribution is 2.25. The van der Waals surface area contributed by atoms with Crippen LogP contribution >= 0.6 is 27.5 Å². The number of benzene rings is 1. The number of anilines is 1. The van der Waals surface area contributed by atoms with Gasteiger partial charge in [0.2, 0.25) is 0 Å². The minimum absolute atomic E-state index is 0.768. The highest BCUT2D eigenvalue weighted by molar-refractivity contribution is 9.10. The summed E-state index contributed by atoms with van der Waals surface area (Å²) in [6, 6.07) is 5.79. The van der Waals surface area contributed by atoms with Crippen molar-refractivity contribution in [3.05, 3.63) is 27.7 Å². The van der Waals surface area contributed by atoms with Crippen molar-refractivity contribution in [3.8, 4) is 0 Å². The average molecular weight is 291 g/mol. The monoisotopic (exact) mass is 289 g/mol. The number of hydrogen-bond donors (Lipinski definition) is 1. The molecule has 0 heterocycles. The summed E-state index contributed by atoms with van der Waals surface area (Å²) >= 11 is 9.41. The van der Waals surface area contributed by atoms with E-state index >= 15 is 0 Å². The van der Waals surface area contributed by atoms with Crippen LogP contribution in [0.15, 0.2) is 22.7 Å². The van der Waals surface area contributed by atoms with Crippen molar-refractivity contribution in [2.24, 2.45) is 5.92 Å². The second-order valence-corrected chi connectivity index (χ2v) is 5.38. The van der Waals surface area contributed by atoms with Crippen LogP contribution in [0.2, 0.25) is 5.02 Å². The lowest BCUT2D eigenvalue weighted by molar-refractivity contribution is 0.567. The van der Waals surface area contributed by atoms with Crippen LogP contribution in [0.1, 0.15) is 26.7 Å². The first kappa shape index (κ1) is 12.9. The number of halogens is 2. The van der Waals surface area contributed by atoms with Gasteiger partial charge in [0.05, 0.1) is 0 Å². The molecule has 0 fully saturated rings. The average Bonchev–Trinajstić information content (AvgIpc) is 2.17. The second kappa shape index (κ2) is 6.39. The highest BCUT2D eigenvalue weighted by Gasteiger charge is 2.00. The third kappa shape index (κ3) is 4.89. The summed E-state index contributed by atoms with van der Waals surface area (Å²) in [5.74, 6) is 0.773. The maximum absolute atomic E-state index is 5.92. The molecule has 0 aromatic heterocycles. The zero-order valence-corrected chi connectivity index (χ0v) is 11.5. The predicted octanol–water partition coefficient (Wildman–Crippen LogP) is 4.95. The molecule has 0 unspecified atom stereocenters. The van der Waals surface area contributed by atoms with Crippen LogP contribution in [-0.4, -0.2) is 6.54 Å². The summed E-state index contributed by atoms with van der Waals surface area (Å²) in [4.78, 5) is 0. The topological polar surface area (TPSA) is 12.0 Å². The van der Waals surface area contributed by atoms with Gasteiger partial charge in [-0.3, -0.25) is 0 Å². The molecule has 0 aliphatic heterocycles. The summed E-state index contributed by atoms with van der Waals surface area (Å²) in [6.45, 7) is 5.49. The van der Waals surface area contributed by atoms with E-state index in [1.165, 1.54) is 12.8 Å². The Bertz CT molecular complexity index is 312. The highest BCUT2D eigenvalue weighted by atomic mass is 79.9. The normalized spacial score (nSPS) is 10.7. The predicted molar refractivity (Wildman–Crippen MR) is 71.7 cm³/mol. The first-order chi connectivity index (χ1) is 7.09. The minimum atomic E-state index is 0.768. The molecule has 0 aliphatic rings. The molecule has 0 saturated heterocycles. The molecule has 0 radical (unpaired) electrons. The molecule has 3 heteroatoms. The van der Waals surface area contributed by atoms with Gasteiger partial charge >= 0.3 is 0 Å². The maximum Gasteiger partial charge on any atom is 0.0499 e. The Hall–Kier alpha value is -0.210. The SMILES string of the molecule is CC(C)CCCNc1cc(Cl)ccc1Br. The lowest BCUT2D eigenvalue weighted by atomic mass is 10.1. The van der Waals surface area contributed by atoms with Crippen molar-refractivity contribution in [2.75, 3.05) is 11.9 Å². The van der Waals surface area contributed by atoms with Crippen LogP contribution in [0.3, 0.4) is 0 Å². The molecular formula is C12H17BrClN. The maximum atomic E-state index is 5.92. The first-order valence-corrected chi connectivity index (χ1v) is 6.45. The fourth-order valence-corrected chi connectivity index (χ4v) is 1.93. The quantitative estimate of drug-likeness (QED) is 0.757. The van der Waals surface area contributed by atoms with Gasteiger partial charge < -0.3 is 5.32 Å². The Morgan fingerprint density at radius 1 is 1.40 bits per heavy atom. The van der Waals surface area contributed by atoms with E-state index in [9.17, 15) is 0 Å². The van der Waals surface area contributed by atoms with Gasteiger partial charge in [-0.1, -0.05) is 25.4 Å². The molecule has 0 amide bonds. The standard InChI is InChI=1S/C12H17BrClN/c1-9(2)4-3-7-15-12-8-10(14)5-6-11(12)13/h5-6,8-9,15H,3-4,7H2,1-2H3. The van der Waals surface area contributed by atoms with Crippen LogP contribution in [0.4, 0.5) is 5.69 Å². The molecule has 1 N–H and O–H groups in total. The molecule has 0 aliphatic carbocycles. The van der Waals surface area contributed by atoms with Gasteiger partial charge in [-0.25, -0.2) is 0 Å². The van der Waals surface area contributed by atoms with Crippen molar-refractivity contribution < 1.29 is 0 Å². The number of hydrogen-bond acceptors (Lipinski definition) is 1. The zero-order valence-electron chi connectivity index (χ0n) is 9.19. The molecule has 1 rings (SSSR count). The van der Waals surface area contributed by atoms with Gasteiger partial charge in [0.15, 0.2) is 0 Å². The van der Waals surface area contributed by atoms with Crippen molar-refractivity contribution in [2.45, 2.75) is 26.7 Å². The van der Waals surface area contributed by atoms with Crippen LogP contribution in [0, 0.1) is 5.92 Å². The van der Waals surface area contributed by atoms with Crippen molar-refractivity contribution in [1.29, 1.82) is 0 Å². The number of nitrogens with one attached hydrogen (secondary N) is 1. The summed E-state index contributed by atoms with van der Waals surface area (Å²) in [5.41, 5.74) is 1.08. The molecule has 0 saturated carbocycles. The van der Waals surface area contributed by atoms with Crippen molar-refractivity contribution >= 4 is 33.2 Å². The third-order valence-electron chi connectivity index (χ3n) is 2.20. The molecule has 1 aromatic rings. The Labute approximate surface area is 105 Å². The fraction of sp³-hybridized carbons (Fsp3) is 0.500. The van der Waals surface area contributed by atoms with Crippen molar-refractivity contribution in [3.63, 3.8) is 0 Å². The van der Waals surface area contributed by atoms with Gasteiger partial charge in [0, 0.05) is 21.7 Å². The van der Waals surface area contributed by atoms with Gasteiger partial charge in [0.25, 0.3) is 0 Å². The Balaban J connectivity index is 2.40. The molecular weight excluding hydrogens is 273 g/mol. The molecule has 1 nitrogen and oxygen atoms in total. The molecule has 15 heavy (non-hydrogen) atoms. The number of rotatable bonds is 5. The van der Waals surface area contributed by atoms with E-state index in [1.54, 1.807) is 0 Å². The molecule has 0 spiro atoms. The first-order valence-electron chi connectivity index (χ1n) is 5.28. The Kier molecular flexibility index (Phi) is 5.48. The largest absolute Gasteiger partial charge is 0.384 e. The van der Waals surface area contributed by atoms with Crippen molar-refractivity contribution in [1.82, 2.24) is 0 Å². The summed E-state index contributed by atoms with van der Waals surface area (Å²) in [6.07, 6.45) is 2.45. The lowest BCUT2D eigenvalue weighted by Gasteiger charge is -2.09. The Morgan fingerprint density at radius 3 is 2.80 bits per heavy atom. The van der Waals surface area contributed by atoms with E-state index in [1.807, 2.05) is 18.2 Å². The molecule has 0 atom stereocenters. The van der Waals surface area contributed by atoms with E-state index in [4.69, 9.17) is 11.6 Å². The van der Waals surface area contributed by atoms with E-state index in [0.29, 0.717) is 0 Å². The van der Waals surface area contributed by atoms with Crippen LogP contribution in [0.5, 0.6) is 0 Å². The smallest absolute Gasteiger partial charge is 0.0499 e. The summed E-state index contributed by atoms with van der Waals surface area (Å²) < 4.78 is 1.07. The summed E-state index contributed by atoms with van der Waals surface area (Å²) in [7, 11) is 0. The Morgan fingerprint density at radius 2 is 2.13 bits per heavy atom. The van der Waals surface area contributed by atoms with E-state index in [0.717, 1.165) is 27.6 Å². The van der Waals surface area contributed by atoms with E-state index < -0.39 is 0 Å². The molecule has 84 valence electrons. The van der Waals surface area contributed by atoms with Gasteiger partial charge in [-0.05, 0) is 52.9 Å². The lowest BCUT2D eigenvalue weighted by Crippen LogP contribution is -2.03. The van der Waals surface area contributed by atoms with Crippen LogP contribution < -0.4 is 5.32 Å². The van der Waals surface area contributed by atoms with Crippen LogP contribution in [0.25, 0.3) is 0 Å². The fourth-order valence-electron chi connectivity index (χ4n) is 1.37. The molecule has 1 aromatic carbocycles. The van der Waals surface area contributed by atoms with E-state index in [2.05, 4.69) is 35.1 Å². The molecule has 0 bridgehead atoms.